The van der Waals surface area contributed by atoms with E-state index in [-0.39, 0.29) is 0 Å². The molecule has 0 atom stereocenters. The quantitative estimate of drug-likeness (QED) is 0.579. The standard InChI is InChI=1S/C9H19N/c1-4-7-8-10-9(5-2)6-3/h4,7,9-10H,5-6,8H2,1-3H3/b7-4+. The molecule has 0 spiro atoms. The van der Waals surface area contributed by atoms with Gasteiger partial charge in [0.2, 0.25) is 0 Å². The van der Waals surface area contributed by atoms with Gasteiger partial charge >= 0.3 is 0 Å². The highest BCUT2D eigenvalue weighted by molar-refractivity contribution is 4.80. The first-order valence-electron chi connectivity index (χ1n) is 4.19. The number of hydrogen-bond donors (Lipinski definition) is 1. The van der Waals surface area contributed by atoms with Gasteiger partial charge in [-0.1, -0.05) is 26.0 Å². The predicted octanol–water partition coefficient (Wildman–Crippen LogP) is 2.34. The Hall–Kier alpha value is -0.300. The van der Waals surface area contributed by atoms with E-state index in [2.05, 4.69) is 38.2 Å². The van der Waals surface area contributed by atoms with Crippen molar-refractivity contribution >= 4 is 0 Å². The lowest BCUT2D eigenvalue weighted by Crippen LogP contribution is -2.27. The molecule has 0 bridgehead atoms. The predicted molar refractivity (Wildman–Crippen MR) is 47.2 cm³/mol. The Balaban J connectivity index is 3.25. The van der Waals surface area contributed by atoms with Gasteiger partial charge in [0.1, 0.15) is 0 Å². The molecule has 0 aliphatic carbocycles. The lowest BCUT2D eigenvalue weighted by atomic mass is 10.2. The van der Waals surface area contributed by atoms with Crippen molar-refractivity contribution in [3.8, 4) is 0 Å². The maximum absolute atomic E-state index is 3.43. The van der Waals surface area contributed by atoms with Crippen LogP contribution in [0.15, 0.2) is 12.2 Å². The van der Waals surface area contributed by atoms with Gasteiger partial charge in [0.15, 0.2) is 0 Å². The summed E-state index contributed by atoms with van der Waals surface area (Å²) in [6, 6.07) is 0.705. The number of rotatable bonds is 5. The fraction of sp³-hybridized carbons (Fsp3) is 0.778. The molecular formula is C9H19N. The van der Waals surface area contributed by atoms with Gasteiger partial charge in [0.25, 0.3) is 0 Å². The van der Waals surface area contributed by atoms with Crippen molar-refractivity contribution in [1.29, 1.82) is 0 Å². The lowest BCUT2D eigenvalue weighted by molar-refractivity contribution is 0.510. The highest BCUT2D eigenvalue weighted by atomic mass is 14.9. The molecule has 0 heterocycles. The molecular weight excluding hydrogens is 122 g/mol. The zero-order chi connectivity index (χ0) is 7.82. The lowest BCUT2D eigenvalue weighted by Gasteiger charge is -2.11. The summed E-state index contributed by atoms with van der Waals surface area (Å²) >= 11 is 0. The minimum absolute atomic E-state index is 0.705. The largest absolute Gasteiger partial charge is 0.311 e. The highest BCUT2D eigenvalue weighted by Crippen LogP contribution is 1.94. The molecule has 1 heteroatoms. The van der Waals surface area contributed by atoms with Crippen molar-refractivity contribution in [3.05, 3.63) is 12.2 Å². The molecule has 0 unspecified atom stereocenters. The van der Waals surface area contributed by atoms with Gasteiger partial charge in [-0.3, -0.25) is 0 Å². The summed E-state index contributed by atoms with van der Waals surface area (Å²) in [5.74, 6) is 0. The Kier molecular flexibility index (Phi) is 6.61. The summed E-state index contributed by atoms with van der Waals surface area (Å²) in [6.07, 6.45) is 6.69. The Bertz CT molecular complexity index is 82.7. The Morgan fingerprint density at radius 2 is 1.90 bits per heavy atom. The average Bonchev–Trinajstić information content (AvgIpc) is 1.99. The van der Waals surface area contributed by atoms with Crippen molar-refractivity contribution in [3.63, 3.8) is 0 Å². The molecule has 0 aliphatic heterocycles. The molecule has 0 aromatic heterocycles. The molecule has 10 heavy (non-hydrogen) atoms. The molecule has 0 saturated carbocycles. The zero-order valence-corrected chi connectivity index (χ0v) is 7.35. The van der Waals surface area contributed by atoms with Crippen LogP contribution in [0.1, 0.15) is 33.6 Å². The van der Waals surface area contributed by atoms with Gasteiger partial charge in [-0.25, -0.2) is 0 Å². The molecule has 0 aromatic carbocycles. The number of allylic oxidation sites excluding steroid dienone is 1. The Morgan fingerprint density at radius 3 is 2.30 bits per heavy atom. The minimum atomic E-state index is 0.705. The van der Waals surface area contributed by atoms with Gasteiger partial charge in [-0.15, -0.1) is 0 Å². The molecule has 0 aliphatic rings. The van der Waals surface area contributed by atoms with Crippen LogP contribution in [0, 0.1) is 0 Å². The summed E-state index contributed by atoms with van der Waals surface area (Å²) in [4.78, 5) is 0. The summed E-state index contributed by atoms with van der Waals surface area (Å²) in [5.41, 5.74) is 0. The smallest absolute Gasteiger partial charge is 0.0137 e. The second kappa shape index (κ2) is 6.81. The molecule has 0 saturated heterocycles. The first-order chi connectivity index (χ1) is 4.85. The van der Waals surface area contributed by atoms with Crippen LogP contribution in [0.5, 0.6) is 0 Å². The van der Waals surface area contributed by atoms with Crippen LogP contribution in [0.3, 0.4) is 0 Å². The third-order valence-corrected chi connectivity index (χ3v) is 1.75. The first kappa shape index (κ1) is 9.70. The van der Waals surface area contributed by atoms with Gasteiger partial charge in [-0.2, -0.15) is 0 Å². The number of nitrogens with one attached hydrogen (secondary N) is 1. The molecule has 0 amide bonds. The third-order valence-electron chi connectivity index (χ3n) is 1.75. The van der Waals surface area contributed by atoms with Crippen LogP contribution in [-0.4, -0.2) is 12.6 Å². The van der Waals surface area contributed by atoms with Crippen LogP contribution >= 0.6 is 0 Å². The fourth-order valence-electron chi connectivity index (χ4n) is 0.930. The van der Waals surface area contributed by atoms with E-state index in [9.17, 15) is 0 Å². The molecule has 0 aromatic rings. The molecule has 1 N–H and O–H groups in total. The highest BCUT2D eigenvalue weighted by Gasteiger charge is 1.97. The van der Waals surface area contributed by atoms with E-state index in [4.69, 9.17) is 0 Å². The topological polar surface area (TPSA) is 12.0 Å². The van der Waals surface area contributed by atoms with E-state index in [0.29, 0.717) is 6.04 Å². The number of hydrogen-bond acceptors (Lipinski definition) is 1. The summed E-state index contributed by atoms with van der Waals surface area (Å²) in [6.45, 7) is 7.51. The van der Waals surface area contributed by atoms with E-state index < -0.39 is 0 Å². The van der Waals surface area contributed by atoms with Gasteiger partial charge in [0, 0.05) is 12.6 Å². The van der Waals surface area contributed by atoms with Crippen molar-refractivity contribution in [1.82, 2.24) is 5.32 Å². The van der Waals surface area contributed by atoms with Crippen LogP contribution < -0.4 is 5.32 Å². The minimum Gasteiger partial charge on any atom is -0.311 e. The average molecular weight is 141 g/mol. The van der Waals surface area contributed by atoms with E-state index in [1.807, 2.05) is 0 Å². The van der Waals surface area contributed by atoms with Crippen LogP contribution in [0.25, 0.3) is 0 Å². The maximum atomic E-state index is 3.43. The van der Waals surface area contributed by atoms with Gasteiger partial charge in [-0.05, 0) is 19.8 Å². The van der Waals surface area contributed by atoms with E-state index in [0.717, 1.165) is 6.54 Å². The van der Waals surface area contributed by atoms with E-state index in [1.165, 1.54) is 12.8 Å². The SMILES string of the molecule is C/C=C/CNC(CC)CC. The fourth-order valence-corrected chi connectivity index (χ4v) is 0.930. The maximum Gasteiger partial charge on any atom is 0.0137 e. The van der Waals surface area contributed by atoms with Crippen molar-refractivity contribution in [2.45, 2.75) is 39.7 Å². The van der Waals surface area contributed by atoms with Crippen LogP contribution in [0.2, 0.25) is 0 Å². The van der Waals surface area contributed by atoms with E-state index in [1.54, 1.807) is 0 Å². The Labute approximate surface area is 64.5 Å². The third kappa shape index (κ3) is 4.57. The molecule has 1 nitrogen and oxygen atoms in total. The molecule has 0 rings (SSSR count). The molecule has 0 fully saturated rings. The van der Waals surface area contributed by atoms with Gasteiger partial charge in [0.05, 0.1) is 0 Å². The summed E-state index contributed by atoms with van der Waals surface area (Å²) in [5, 5.41) is 3.43. The Morgan fingerprint density at radius 1 is 1.30 bits per heavy atom. The first-order valence-corrected chi connectivity index (χ1v) is 4.19. The summed E-state index contributed by atoms with van der Waals surface area (Å²) in [7, 11) is 0. The van der Waals surface area contributed by atoms with Gasteiger partial charge < -0.3 is 5.32 Å². The summed E-state index contributed by atoms with van der Waals surface area (Å²) < 4.78 is 0. The normalized spacial score (nSPS) is 11.6. The monoisotopic (exact) mass is 141 g/mol. The second-order valence-electron chi connectivity index (χ2n) is 2.49. The van der Waals surface area contributed by atoms with Crippen LogP contribution in [0.4, 0.5) is 0 Å². The van der Waals surface area contributed by atoms with E-state index >= 15 is 0 Å². The second-order valence-corrected chi connectivity index (χ2v) is 2.49. The molecule has 0 radical (unpaired) electrons. The zero-order valence-electron chi connectivity index (χ0n) is 7.35. The molecule has 60 valence electrons. The van der Waals surface area contributed by atoms with Crippen molar-refractivity contribution < 1.29 is 0 Å². The van der Waals surface area contributed by atoms with Crippen molar-refractivity contribution in [2.24, 2.45) is 0 Å². The van der Waals surface area contributed by atoms with Crippen LogP contribution in [-0.2, 0) is 0 Å². The van der Waals surface area contributed by atoms with Crippen molar-refractivity contribution in [2.75, 3.05) is 6.54 Å².